The number of thiophene rings is 1. The lowest BCUT2D eigenvalue weighted by molar-refractivity contribution is -0.380. The highest BCUT2D eigenvalue weighted by molar-refractivity contribution is 7.89. The first-order valence-electron chi connectivity index (χ1n) is 6.13. The van der Waals surface area contributed by atoms with Gasteiger partial charge in [0.05, 0.1) is 11.1 Å². The molecule has 10 nitrogen and oxygen atoms in total. The number of nitro groups is 1. The zero-order valence-electron chi connectivity index (χ0n) is 11.8. The van der Waals surface area contributed by atoms with Crippen LogP contribution in [0.2, 0.25) is 0 Å². The van der Waals surface area contributed by atoms with E-state index in [0.717, 1.165) is 17.5 Å². The molecule has 2 rings (SSSR count). The minimum atomic E-state index is -3.85. The van der Waals surface area contributed by atoms with E-state index in [-0.39, 0.29) is 16.5 Å². The molecule has 12 heteroatoms. The van der Waals surface area contributed by atoms with Crippen LogP contribution in [0.3, 0.4) is 0 Å². The van der Waals surface area contributed by atoms with Crippen molar-refractivity contribution >= 4 is 32.3 Å². The molecule has 2 heterocycles. The van der Waals surface area contributed by atoms with E-state index in [1.807, 2.05) is 0 Å². The second kappa shape index (κ2) is 6.85. The maximum atomic E-state index is 11.9. The van der Waals surface area contributed by atoms with E-state index in [2.05, 4.69) is 9.82 Å². The second-order valence-electron chi connectivity index (χ2n) is 4.39. The molecular formula is C11H12N4O6S2. The van der Waals surface area contributed by atoms with E-state index in [4.69, 9.17) is 4.74 Å². The van der Waals surface area contributed by atoms with Crippen LogP contribution in [-0.4, -0.2) is 35.6 Å². The molecule has 0 amide bonds. The van der Waals surface area contributed by atoms with E-state index in [0.29, 0.717) is 5.56 Å². The fraction of sp³-hybridized carbons (Fsp3) is 0.273. The quantitative estimate of drug-likeness (QED) is 0.429. The van der Waals surface area contributed by atoms with Gasteiger partial charge in [0.15, 0.2) is 0 Å². The SMILES string of the molecule is Cn1cc(S(=O)(=O)NCC(=O)OCc2csc([N+](=O)[O-])c2)cn1. The van der Waals surface area contributed by atoms with Crippen molar-refractivity contribution in [1.82, 2.24) is 14.5 Å². The predicted octanol–water partition coefficient (Wildman–Crippen LogP) is 0.412. The van der Waals surface area contributed by atoms with Gasteiger partial charge in [-0.15, -0.1) is 0 Å². The molecule has 0 spiro atoms. The lowest BCUT2D eigenvalue weighted by Crippen LogP contribution is -2.30. The van der Waals surface area contributed by atoms with Gasteiger partial charge >= 0.3 is 11.0 Å². The number of aromatic nitrogens is 2. The molecule has 0 fully saturated rings. The van der Waals surface area contributed by atoms with E-state index in [9.17, 15) is 23.3 Å². The lowest BCUT2D eigenvalue weighted by Gasteiger charge is -2.05. The molecule has 0 saturated carbocycles. The molecule has 2 aromatic rings. The number of nitrogens with one attached hydrogen (secondary N) is 1. The summed E-state index contributed by atoms with van der Waals surface area (Å²) in [5, 5.41) is 15.7. The molecular weight excluding hydrogens is 348 g/mol. The standard InChI is InChI=1S/C11H12N4O6S2/c1-14-5-9(3-12-14)23(19,20)13-4-11(16)21-6-8-2-10(15(17)18)22-7-8/h2-3,5,7,13H,4,6H2,1H3. The van der Waals surface area contributed by atoms with Crippen molar-refractivity contribution in [3.05, 3.63) is 39.5 Å². The molecule has 0 saturated heterocycles. The molecule has 2 aromatic heterocycles. The highest BCUT2D eigenvalue weighted by atomic mass is 32.2. The monoisotopic (exact) mass is 360 g/mol. The predicted molar refractivity (Wildman–Crippen MR) is 79.2 cm³/mol. The normalized spacial score (nSPS) is 11.3. The van der Waals surface area contributed by atoms with Crippen LogP contribution >= 0.6 is 11.3 Å². The Morgan fingerprint density at radius 3 is 2.87 bits per heavy atom. The molecule has 124 valence electrons. The first-order valence-corrected chi connectivity index (χ1v) is 8.50. The number of sulfonamides is 1. The summed E-state index contributed by atoms with van der Waals surface area (Å²) in [5.41, 5.74) is 0.463. The number of aryl methyl sites for hydroxylation is 1. The Labute approximate surface area is 134 Å². The van der Waals surface area contributed by atoms with Crippen molar-refractivity contribution in [2.75, 3.05) is 6.54 Å². The van der Waals surface area contributed by atoms with Gasteiger partial charge in [-0.3, -0.25) is 19.6 Å². The lowest BCUT2D eigenvalue weighted by atomic mass is 10.3. The average Bonchev–Trinajstić information content (AvgIpc) is 3.12. The zero-order chi connectivity index (χ0) is 17.0. The maximum Gasteiger partial charge on any atom is 0.324 e. The van der Waals surface area contributed by atoms with Crippen LogP contribution in [0.15, 0.2) is 28.7 Å². The van der Waals surface area contributed by atoms with Gasteiger partial charge in [0.2, 0.25) is 10.0 Å². The summed E-state index contributed by atoms with van der Waals surface area (Å²) in [5.74, 6) is -0.800. The summed E-state index contributed by atoms with van der Waals surface area (Å²) in [6.45, 7) is -0.721. The molecule has 0 unspecified atom stereocenters. The van der Waals surface area contributed by atoms with Crippen molar-refractivity contribution in [2.24, 2.45) is 7.05 Å². The number of nitrogens with zero attached hydrogens (tertiary/aromatic N) is 3. The zero-order valence-corrected chi connectivity index (χ0v) is 13.5. The summed E-state index contributed by atoms with van der Waals surface area (Å²) < 4.78 is 32.0. The van der Waals surface area contributed by atoms with Gasteiger partial charge in [0.1, 0.15) is 18.0 Å². The van der Waals surface area contributed by atoms with Crippen molar-refractivity contribution in [3.8, 4) is 0 Å². The topological polar surface area (TPSA) is 133 Å². The van der Waals surface area contributed by atoms with Gasteiger partial charge in [0, 0.05) is 30.3 Å². The van der Waals surface area contributed by atoms with Crippen molar-refractivity contribution in [3.63, 3.8) is 0 Å². The van der Waals surface area contributed by atoms with E-state index in [1.165, 1.54) is 22.3 Å². The number of hydrogen-bond donors (Lipinski definition) is 1. The Kier molecular flexibility index (Phi) is 5.08. The van der Waals surface area contributed by atoms with Crippen LogP contribution in [-0.2, 0) is 33.2 Å². The summed E-state index contributed by atoms with van der Waals surface area (Å²) in [6, 6.07) is 1.29. The molecule has 23 heavy (non-hydrogen) atoms. The fourth-order valence-corrected chi connectivity index (χ4v) is 3.19. The highest BCUT2D eigenvalue weighted by Crippen LogP contribution is 2.22. The minimum Gasteiger partial charge on any atom is -0.460 e. The molecule has 0 radical (unpaired) electrons. The minimum absolute atomic E-state index is 0.0617. The Morgan fingerprint density at radius 1 is 1.57 bits per heavy atom. The summed E-state index contributed by atoms with van der Waals surface area (Å²) in [6.07, 6.45) is 2.44. The van der Waals surface area contributed by atoms with Crippen molar-refractivity contribution in [2.45, 2.75) is 11.5 Å². The third kappa shape index (κ3) is 4.58. The Morgan fingerprint density at radius 2 is 2.30 bits per heavy atom. The van der Waals surface area contributed by atoms with Crippen LogP contribution in [0, 0.1) is 10.1 Å². The molecule has 0 aliphatic heterocycles. The Balaban J connectivity index is 1.84. The number of hydrogen-bond acceptors (Lipinski definition) is 8. The largest absolute Gasteiger partial charge is 0.460 e. The van der Waals surface area contributed by atoms with Crippen molar-refractivity contribution in [1.29, 1.82) is 0 Å². The summed E-state index contributed by atoms with van der Waals surface area (Å²) in [4.78, 5) is 21.5. The van der Waals surface area contributed by atoms with Crippen molar-refractivity contribution < 1.29 is 22.9 Å². The van der Waals surface area contributed by atoms with E-state index in [1.54, 1.807) is 7.05 Å². The smallest absolute Gasteiger partial charge is 0.324 e. The van der Waals surface area contributed by atoms with Gasteiger partial charge < -0.3 is 4.74 Å². The molecule has 0 bridgehead atoms. The van der Waals surface area contributed by atoms with Gasteiger partial charge in [-0.2, -0.15) is 9.82 Å². The van der Waals surface area contributed by atoms with Crippen LogP contribution in [0.5, 0.6) is 0 Å². The molecule has 0 atom stereocenters. The van der Waals surface area contributed by atoms with Crippen LogP contribution in [0.1, 0.15) is 5.56 Å². The first-order chi connectivity index (χ1) is 10.8. The molecule has 0 aliphatic rings. The second-order valence-corrected chi connectivity index (χ2v) is 7.04. The van der Waals surface area contributed by atoms with E-state index < -0.39 is 27.5 Å². The number of rotatable bonds is 7. The van der Waals surface area contributed by atoms with E-state index >= 15 is 0 Å². The molecule has 0 aliphatic carbocycles. The number of ether oxygens (including phenoxy) is 1. The van der Waals surface area contributed by atoms with Crippen LogP contribution in [0.25, 0.3) is 0 Å². The number of carbonyl (C=O) groups excluding carboxylic acids is 1. The fourth-order valence-electron chi connectivity index (χ4n) is 1.52. The summed E-state index contributed by atoms with van der Waals surface area (Å²) >= 11 is 0.915. The van der Waals surface area contributed by atoms with Gasteiger partial charge in [-0.05, 0) is 0 Å². The third-order valence-corrected chi connectivity index (χ3v) is 4.90. The van der Waals surface area contributed by atoms with Gasteiger partial charge in [0.25, 0.3) is 0 Å². The van der Waals surface area contributed by atoms with Crippen LogP contribution < -0.4 is 4.72 Å². The summed E-state index contributed by atoms with van der Waals surface area (Å²) in [7, 11) is -2.28. The number of carbonyl (C=O) groups is 1. The van der Waals surface area contributed by atoms with Gasteiger partial charge in [-0.25, -0.2) is 8.42 Å². The first kappa shape index (κ1) is 17.1. The molecule has 1 N–H and O–H groups in total. The number of esters is 1. The highest BCUT2D eigenvalue weighted by Gasteiger charge is 2.18. The third-order valence-electron chi connectivity index (χ3n) is 2.62. The molecule has 0 aromatic carbocycles. The Hall–Kier alpha value is -2.31. The average molecular weight is 360 g/mol. The Bertz CT molecular complexity index is 825. The van der Waals surface area contributed by atoms with Gasteiger partial charge in [-0.1, -0.05) is 11.3 Å². The van der Waals surface area contributed by atoms with Crippen LogP contribution in [0.4, 0.5) is 5.00 Å². The maximum absolute atomic E-state index is 11.9.